The van der Waals surface area contributed by atoms with E-state index in [1.807, 2.05) is 6.07 Å². The van der Waals surface area contributed by atoms with Crippen molar-refractivity contribution in [3.05, 3.63) is 35.9 Å². The highest BCUT2D eigenvalue weighted by Gasteiger charge is 2.30. The number of carbonyl (C=O) groups is 1. The van der Waals surface area contributed by atoms with Crippen molar-refractivity contribution in [1.29, 1.82) is 0 Å². The number of hydrogen-bond acceptors (Lipinski definition) is 3. The van der Waals surface area contributed by atoms with Crippen LogP contribution in [0.15, 0.2) is 30.3 Å². The van der Waals surface area contributed by atoms with Gasteiger partial charge in [-0.2, -0.15) is 0 Å². The van der Waals surface area contributed by atoms with Crippen LogP contribution < -0.4 is 10.6 Å². The molecule has 2 N–H and O–H groups in total. The Bertz CT molecular complexity index is 505. The third-order valence-corrected chi connectivity index (χ3v) is 5.11. The van der Waals surface area contributed by atoms with Crippen LogP contribution in [0.4, 0.5) is 0 Å². The second-order valence-corrected chi connectivity index (χ2v) is 7.05. The van der Waals surface area contributed by atoms with Gasteiger partial charge in [0.05, 0.1) is 6.04 Å². The van der Waals surface area contributed by atoms with Crippen LogP contribution in [-0.4, -0.2) is 42.0 Å². The van der Waals surface area contributed by atoms with Crippen molar-refractivity contribution in [3.63, 3.8) is 0 Å². The van der Waals surface area contributed by atoms with E-state index in [0.717, 1.165) is 45.3 Å². The van der Waals surface area contributed by atoms with Crippen molar-refractivity contribution >= 4 is 5.91 Å². The zero-order valence-corrected chi connectivity index (χ0v) is 14.1. The second kappa shape index (κ2) is 7.93. The molecule has 3 rings (SSSR count). The number of nitrogens with one attached hydrogen (secondary N) is 2. The number of likely N-dealkylation sites (tertiary alicyclic amines) is 1. The SMILES string of the molecule is CC1CC(NC(=O)C2CCCCN2Cc2ccccc2)CCN1. The molecule has 0 radical (unpaired) electrons. The van der Waals surface area contributed by atoms with Crippen molar-refractivity contribution < 1.29 is 4.79 Å². The lowest BCUT2D eigenvalue weighted by Gasteiger charge is -2.36. The van der Waals surface area contributed by atoms with Gasteiger partial charge < -0.3 is 10.6 Å². The van der Waals surface area contributed by atoms with E-state index in [1.165, 1.54) is 12.0 Å². The Morgan fingerprint density at radius 2 is 2.09 bits per heavy atom. The molecule has 2 heterocycles. The molecule has 2 saturated heterocycles. The Balaban J connectivity index is 1.60. The number of amides is 1. The standard InChI is InChI=1S/C19H29N3O/c1-15-13-17(10-11-20-15)21-19(23)18-9-5-6-12-22(18)14-16-7-3-2-4-8-16/h2-4,7-8,15,17-18,20H,5-6,9-14H2,1H3,(H,21,23). The van der Waals surface area contributed by atoms with Gasteiger partial charge in [0, 0.05) is 18.6 Å². The van der Waals surface area contributed by atoms with E-state index in [0.29, 0.717) is 12.1 Å². The Kier molecular flexibility index (Phi) is 5.68. The first-order valence-electron chi connectivity index (χ1n) is 9.04. The van der Waals surface area contributed by atoms with Crippen molar-refractivity contribution in [3.8, 4) is 0 Å². The molecule has 0 bridgehead atoms. The molecule has 0 aromatic heterocycles. The summed E-state index contributed by atoms with van der Waals surface area (Å²) in [6, 6.07) is 11.4. The number of piperidine rings is 2. The molecular weight excluding hydrogens is 286 g/mol. The first-order valence-corrected chi connectivity index (χ1v) is 9.04. The first kappa shape index (κ1) is 16.5. The van der Waals surface area contributed by atoms with Gasteiger partial charge in [0.1, 0.15) is 0 Å². The molecule has 4 heteroatoms. The summed E-state index contributed by atoms with van der Waals surface area (Å²) in [5, 5.41) is 6.76. The molecule has 126 valence electrons. The quantitative estimate of drug-likeness (QED) is 0.896. The van der Waals surface area contributed by atoms with Crippen LogP contribution in [-0.2, 0) is 11.3 Å². The summed E-state index contributed by atoms with van der Waals surface area (Å²) in [7, 11) is 0. The maximum absolute atomic E-state index is 12.8. The lowest BCUT2D eigenvalue weighted by atomic mass is 9.97. The molecule has 2 aliphatic rings. The summed E-state index contributed by atoms with van der Waals surface area (Å²) in [6.45, 7) is 5.10. The van der Waals surface area contributed by atoms with Crippen molar-refractivity contribution in [2.45, 2.75) is 63.7 Å². The van der Waals surface area contributed by atoms with E-state index in [1.54, 1.807) is 0 Å². The molecule has 4 nitrogen and oxygen atoms in total. The first-order chi connectivity index (χ1) is 11.2. The van der Waals surface area contributed by atoms with Crippen LogP contribution in [0.5, 0.6) is 0 Å². The fourth-order valence-corrected chi connectivity index (χ4v) is 3.86. The third-order valence-electron chi connectivity index (χ3n) is 5.11. The zero-order valence-electron chi connectivity index (χ0n) is 14.1. The minimum absolute atomic E-state index is 0.0362. The van der Waals surface area contributed by atoms with E-state index >= 15 is 0 Å². The van der Waals surface area contributed by atoms with Gasteiger partial charge in [-0.1, -0.05) is 36.8 Å². The summed E-state index contributed by atoms with van der Waals surface area (Å²) in [5.41, 5.74) is 1.29. The van der Waals surface area contributed by atoms with Gasteiger partial charge in [0.15, 0.2) is 0 Å². The largest absolute Gasteiger partial charge is 0.352 e. The van der Waals surface area contributed by atoms with Crippen LogP contribution in [0.1, 0.15) is 44.6 Å². The molecule has 1 amide bonds. The number of nitrogens with zero attached hydrogens (tertiary/aromatic N) is 1. The molecule has 2 fully saturated rings. The average molecular weight is 315 g/mol. The van der Waals surface area contributed by atoms with E-state index in [4.69, 9.17) is 0 Å². The molecule has 2 aliphatic heterocycles. The molecule has 0 saturated carbocycles. The molecule has 3 unspecified atom stereocenters. The normalized spacial score (nSPS) is 29.2. The highest BCUT2D eigenvalue weighted by Crippen LogP contribution is 2.20. The van der Waals surface area contributed by atoms with E-state index in [9.17, 15) is 4.79 Å². The highest BCUT2D eigenvalue weighted by molar-refractivity contribution is 5.82. The fraction of sp³-hybridized carbons (Fsp3) is 0.632. The summed E-state index contributed by atoms with van der Waals surface area (Å²) in [5.74, 6) is 0.236. The van der Waals surface area contributed by atoms with Crippen LogP contribution in [0, 0.1) is 0 Å². The highest BCUT2D eigenvalue weighted by atomic mass is 16.2. The van der Waals surface area contributed by atoms with Crippen LogP contribution in [0.25, 0.3) is 0 Å². The fourth-order valence-electron chi connectivity index (χ4n) is 3.86. The maximum Gasteiger partial charge on any atom is 0.237 e. The molecular formula is C19H29N3O. The molecule has 1 aromatic carbocycles. The lowest BCUT2D eigenvalue weighted by Crippen LogP contribution is -2.54. The van der Waals surface area contributed by atoms with Crippen LogP contribution >= 0.6 is 0 Å². The Morgan fingerprint density at radius 1 is 1.26 bits per heavy atom. The molecule has 1 aromatic rings. The molecule has 3 atom stereocenters. The molecule has 0 aliphatic carbocycles. The third kappa shape index (κ3) is 4.55. The maximum atomic E-state index is 12.8. The van der Waals surface area contributed by atoms with E-state index < -0.39 is 0 Å². The summed E-state index contributed by atoms with van der Waals surface area (Å²) in [4.78, 5) is 15.2. The Hall–Kier alpha value is -1.39. The predicted octanol–water partition coefficient (Wildman–Crippen LogP) is 2.30. The molecule has 0 spiro atoms. The number of benzene rings is 1. The van der Waals surface area contributed by atoms with Crippen molar-refractivity contribution in [2.75, 3.05) is 13.1 Å². The minimum atomic E-state index is 0.0362. The zero-order chi connectivity index (χ0) is 16.1. The lowest BCUT2D eigenvalue weighted by molar-refractivity contribution is -0.128. The van der Waals surface area contributed by atoms with Gasteiger partial charge >= 0.3 is 0 Å². The predicted molar refractivity (Wildman–Crippen MR) is 93.1 cm³/mol. The molecule has 23 heavy (non-hydrogen) atoms. The van der Waals surface area contributed by atoms with Gasteiger partial charge in [-0.25, -0.2) is 0 Å². The van der Waals surface area contributed by atoms with Crippen molar-refractivity contribution in [1.82, 2.24) is 15.5 Å². The van der Waals surface area contributed by atoms with Crippen LogP contribution in [0.3, 0.4) is 0 Å². The van der Waals surface area contributed by atoms with Gasteiger partial charge in [-0.05, 0) is 51.3 Å². The van der Waals surface area contributed by atoms with Crippen LogP contribution in [0.2, 0.25) is 0 Å². The monoisotopic (exact) mass is 315 g/mol. The van der Waals surface area contributed by atoms with Gasteiger partial charge in [0.2, 0.25) is 5.91 Å². The topological polar surface area (TPSA) is 44.4 Å². The second-order valence-electron chi connectivity index (χ2n) is 7.05. The number of hydrogen-bond donors (Lipinski definition) is 2. The Labute approximate surface area is 139 Å². The summed E-state index contributed by atoms with van der Waals surface area (Å²) in [6.07, 6.45) is 5.42. The van der Waals surface area contributed by atoms with E-state index in [-0.39, 0.29) is 11.9 Å². The Morgan fingerprint density at radius 3 is 2.87 bits per heavy atom. The summed E-state index contributed by atoms with van der Waals surface area (Å²) >= 11 is 0. The average Bonchev–Trinajstić information content (AvgIpc) is 2.56. The smallest absolute Gasteiger partial charge is 0.237 e. The van der Waals surface area contributed by atoms with Gasteiger partial charge in [-0.15, -0.1) is 0 Å². The van der Waals surface area contributed by atoms with Gasteiger partial charge in [-0.3, -0.25) is 9.69 Å². The minimum Gasteiger partial charge on any atom is -0.352 e. The summed E-state index contributed by atoms with van der Waals surface area (Å²) < 4.78 is 0. The number of carbonyl (C=O) groups excluding carboxylic acids is 1. The van der Waals surface area contributed by atoms with Crippen molar-refractivity contribution in [2.24, 2.45) is 0 Å². The van der Waals surface area contributed by atoms with E-state index in [2.05, 4.69) is 46.7 Å². The van der Waals surface area contributed by atoms with Gasteiger partial charge in [0.25, 0.3) is 0 Å². The number of rotatable bonds is 4.